The van der Waals surface area contributed by atoms with Gasteiger partial charge in [0.05, 0.1) is 11.6 Å². The Morgan fingerprint density at radius 3 is 3.17 bits per heavy atom. The molecule has 0 atom stereocenters. The summed E-state index contributed by atoms with van der Waals surface area (Å²) >= 11 is 5.85. The summed E-state index contributed by atoms with van der Waals surface area (Å²) in [6.07, 6.45) is 8.40. The lowest BCUT2D eigenvalue weighted by atomic mass is 10.3. The SMILES string of the molecule is C#CCNCc1ccncc1Cl. The Bertz CT molecular complexity index is 291. The Morgan fingerprint density at radius 1 is 1.67 bits per heavy atom. The van der Waals surface area contributed by atoms with Gasteiger partial charge in [-0.25, -0.2) is 0 Å². The monoisotopic (exact) mass is 180 g/mol. The maximum atomic E-state index is 5.85. The zero-order valence-corrected chi connectivity index (χ0v) is 7.30. The first-order valence-electron chi connectivity index (χ1n) is 3.57. The van der Waals surface area contributed by atoms with E-state index in [1.807, 2.05) is 6.07 Å². The molecule has 0 unspecified atom stereocenters. The van der Waals surface area contributed by atoms with Crippen molar-refractivity contribution in [3.05, 3.63) is 29.0 Å². The normalized spacial score (nSPS) is 9.33. The molecule has 1 aromatic rings. The Labute approximate surface area is 77.0 Å². The Morgan fingerprint density at radius 2 is 2.50 bits per heavy atom. The maximum Gasteiger partial charge on any atom is 0.0634 e. The lowest BCUT2D eigenvalue weighted by Crippen LogP contribution is -2.13. The van der Waals surface area contributed by atoms with Crippen molar-refractivity contribution < 1.29 is 0 Å². The van der Waals surface area contributed by atoms with E-state index in [9.17, 15) is 0 Å². The van der Waals surface area contributed by atoms with Crippen molar-refractivity contribution in [1.29, 1.82) is 0 Å². The number of rotatable bonds is 3. The average molecular weight is 181 g/mol. The third kappa shape index (κ3) is 2.54. The van der Waals surface area contributed by atoms with Gasteiger partial charge in [-0.3, -0.25) is 4.98 Å². The molecule has 1 rings (SSSR count). The van der Waals surface area contributed by atoms with Crippen LogP contribution in [0, 0.1) is 12.3 Å². The van der Waals surface area contributed by atoms with Gasteiger partial charge in [-0.2, -0.15) is 0 Å². The van der Waals surface area contributed by atoms with Crippen molar-refractivity contribution in [2.24, 2.45) is 0 Å². The topological polar surface area (TPSA) is 24.9 Å². The van der Waals surface area contributed by atoms with E-state index in [1.54, 1.807) is 12.4 Å². The number of nitrogens with one attached hydrogen (secondary N) is 1. The molecule has 62 valence electrons. The molecule has 0 bridgehead atoms. The van der Waals surface area contributed by atoms with E-state index in [-0.39, 0.29) is 0 Å². The molecule has 0 spiro atoms. The van der Waals surface area contributed by atoms with E-state index in [0.717, 1.165) is 5.56 Å². The fourth-order valence-electron chi connectivity index (χ4n) is 0.817. The van der Waals surface area contributed by atoms with Crippen LogP contribution in [0.1, 0.15) is 5.56 Å². The van der Waals surface area contributed by atoms with E-state index in [4.69, 9.17) is 18.0 Å². The van der Waals surface area contributed by atoms with Crippen LogP contribution in [0.2, 0.25) is 5.02 Å². The van der Waals surface area contributed by atoms with E-state index in [1.165, 1.54) is 0 Å². The fourth-order valence-corrected chi connectivity index (χ4v) is 1.00. The van der Waals surface area contributed by atoms with Crippen molar-refractivity contribution in [3.63, 3.8) is 0 Å². The summed E-state index contributed by atoms with van der Waals surface area (Å²) < 4.78 is 0. The molecule has 0 saturated heterocycles. The van der Waals surface area contributed by atoms with Gasteiger partial charge in [0.15, 0.2) is 0 Å². The molecule has 0 aliphatic heterocycles. The lowest BCUT2D eigenvalue weighted by Gasteiger charge is -2.02. The molecule has 0 aromatic carbocycles. The van der Waals surface area contributed by atoms with Gasteiger partial charge in [0.2, 0.25) is 0 Å². The number of hydrogen-bond acceptors (Lipinski definition) is 2. The Balaban J connectivity index is 2.53. The predicted molar refractivity (Wildman–Crippen MR) is 49.8 cm³/mol. The first-order chi connectivity index (χ1) is 5.84. The molecule has 2 nitrogen and oxygen atoms in total. The van der Waals surface area contributed by atoms with Crippen LogP contribution < -0.4 is 5.32 Å². The third-order valence-electron chi connectivity index (χ3n) is 1.40. The van der Waals surface area contributed by atoms with Crippen LogP contribution in [-0.4, -0.2) is 11.5 Å². The largest absolute Gasteiger partial charge is 0.302 e. The van der Waals surface area contributed by atoms with Crippen LogP contribution in [0.3, 0.4) is 0 Å². The van der Waals surface area contributed by atoms with Gasteiger partial charge in [0.25, 0.3) is 0 Å². The second kappa shape index (κ2) is 4.76. The van der Waals surface area contributed by atoms with Crippen LogP contribution in [0.15, 0.2) is 18.5 Å². The molecular weight excluding hydrogens is 172 g/mol. The van der Waals surface area contributed by atoms with E-state index in [0.29, 0.717) is 18.1 Å². The Kier molecular flexibility index (Phi) is 3.59. The van der Waals surface area contributed by atoms with Crippen molar-refractivity contribution >= 4 is 11.6 Å². The molecule has 12 heavy (non-hydrogen) atoms. The first kappa shape index (κ1) is 9.05. The van der Waals surface area contributed by atoms with Gasteiger partial charge in [0, 0.05) is 18.9 Å². The smallest absolute Gasteiger partial charge is 0.0634 e. The summed E-state index contributed by atoms with van der Waals surface area (Å²) in [6, 6.07) is 1.87. The van der Waals surface area contributed by atoms with Crippen molar-refractivity contribution in [1.82, 2.24) is 10.3 Å². The van der Waals surface area contributed by atoms with Crippen LogP contribution >= 0.6 is 11.6 Å². The summed E-state index contributed by atoms with van der Waals surface area (Å²) in [6.45, 7) is 1.24. The minimum atomic E-state index is 0.554. The van der Waals surface area contributed by atoms with Gasteiger partial charge in [-0.15, -0.1) is 6.42 Å². The molecule has 1 heterocycles. The molecule has 0 aliphatic carbocycles. The Hall–Kier alpha value is -1.04. The number of pyridine rings is 1. The highest BCUT2D eigenvalue weighted by Crippen LogP contribution is 2.12. The second-order valence-electron chi connectivity index (χ2n) is 2.27. The minimum Gasteiger partial charge on any atom is -0.302 e. The number of nitrogens with zero attached hydrogens (tertiary/aromatic N) is 1. The highest BCUT2D eigenvalue weighted by Gasteiger charge is 1.96. The summed E-state index contributed by atoms with van der Waals surface area (Å²) in [5.41, 5.74) is 1.02. The molecule has 0 aliphatic rings. The number of halogens is 1. The van der Waals surface area contributed by atoms with E-state index < -0.39 is 0 Å². The van der Waals surface area contributed by atoms with Gasteiger partial charge >= 0.3 is 0 Å². The highest BCUT2D eigenvalue weighted by molar-refractivity contribution is 6.31. The summed E-state index contributed by atoms with van der Waals surface area (Å²) in [4.78, 5) is 3.87. The van der Waals surface area contributed by atoms with Crippen molar-refractivity contribution in [2.45, 2.75) is 6.54 Å². The van der Waals surface area contributed by atoms with Crippen molar-refractivity contribution in [3.8, 4) is 12.3 Å². The van der Waals surface area contributed by atoms with Crippen molar-refractivity contribution in [2.75, 3.05) is 6.54 Å². The average Bonchev–Trinajstić information content (AvgIpc) is 2.09. The molecule has 1 aromatic heterocycles. The van der Waals surface area contributed by atoms with Gasteiger partial charge in [-0.1, -0.05) is 17.5 Å². The number of terminal acetylenes is 1. The highest BCUT2D eigenvalue weighted by atomic mass is 35.5. The van der Waals surface area contributed by atoms with Gasteiger partial charge in [-0.05, 0) is 11.6 Å². The van der Waals surface area contributed by atoms with Crippen LogP contribution in [0.25, 0.3) is 0 Å². The van der Waals surface area contributed by atoms with Crippen LogP contribution in [0.4, 0.5) is 0 Å². The number of aromatic nitrogens is 1. The molecule has 0 fully saturated rings. The third-order valence-corrected chi connectivity index (χ3v) is 1.74. The quantitative estimate of drug-likeness (QED) is 0.563. The summed E-state index contributed by atoms with van der Waals surface area (Å²) in [5, 5.41) is 3.71. The minimum absolute atomic E-state index is 0.554. The molecule has 1 N–H and O–H groups in total. The maximum absolute atomic E-state index is 5.85. The molecule has 3 heteroatoms. The van der Waals surface area contributed by atoms with Gasteiger partial charge < -0.3 is 5.32 Å². The second-order valence-corrected chi connectivity index (χ2v) is 2.68. The number of hydrogen-bond donors (Lipinski definition) is 1. The molecular formula is C9H9ClN2. The standard InChI is InChI=1S/C9H9ClN2/c1-2-4-11-6-8-3-5-12-7-9(8)10/h1,3,5,7,11H,4,6H2. The zero-order valence-electron chi connectivity index (χ0n) is 6.55. The molecule has 0 amide bonds. The fraction of sp³-hybridized carbons (Fsp3) is 0.222. The van der Waals surface area contributed by atoms with Crippen LogP contribution in [-0.2, 0) is 6.54 Å². The lowest BCUT2D eigenvalue weighted by molar-refractivity contribution is 0.769. The molecule has 0 saturated carbocycles. The predicted octanol–water partition coefficient (Wildman–Crippen LogP) is 1.46. The summed E-state index contributed by atoms with van der Waals surface area (Å²) in [5.74, 6) is 2.49. The summed E-state index contributed by atoms with van der Waals surface area (Å²) in [7, 11) is 0. The van der Waals surface area contributed by atoms with E-state index >= 15 is 0 Å². The zero-order chi connectivity index (χ0) is 8.81. The van der Waals surface area contributed by atoms with Crippen LogP contribution in [0.5, 0.6) is 0 Å². The van der Waals surface area contributed by atoms with E-state index in [2.05, 4.69) is 16.2 Å². The van der Waals surface area contributed by atoms with Gasteiger partial charge in [0.1, 0.15) is 0 Å². The molecule has 0 radical (unpaired) electrons. The first-order valence-corrected chi connectivity index (χ1v) is 3.95.